The first kappa shape index (κ1) is 76.9. The van der Waals surface area contributed by atoms with E-state index in [4.69, 9.17) is 0 Å². The fraction of sp³-hybridized carbons (Fsp3) is 0.328. The van der Waals surface area contributed by atoms with Gasteiger partial charge in [-0.3, -0.25) is 51.3 Å². The lowest BCUT2D eigenvalue weighted by Gasteiger charge is -2.31. The van der Waals surface area contributed by atoms with Gasteiger partial charge >= 0.3 is 5.97 Å². The van der Waals surface area contributed by atoms with Crippen LogP contribution in [0.3, 0.4) is 0 Å². The number of anilines is 1. The number of aryl methyl sites for hydroxylation is 1. The van der Waals surface area contributed by atoms with Crippen molar-refractivity contribution in [1.82, 2.24) is 31.2 Å². The zero-order chi connectivity index (χ0) is 73.1. The Morgan fingerprint density at radius 1 is 0.531 bits per heavy atom. The number of fused-ring (bicyclic) bond motifs is 4. The highest BCUT2D eigenvalue weighted by Crippen LogP contribution is 2.53. The number of carbonyl (C=O) groups is 5. The number of allylic oxidation sites excluding steroid dienone is 5. The van der Waals surface area contributed by atoms with Gasteiger partial charge in [0.15, 0.2) is 0 Å². The van der Waals surface area contributed by atoms with E-state index >= 15 is 0 Å². The number of hydrogen-bond acceptors (Lipinski definition) is 20. The van der Waals surface area contributed by atoms with Crippen LogP contribution in [-0.2, 0) is 76.3 Å². The molecule has 1 aliphatic heterocycles. The quantitative estimate of drug-likeness (QED) is 0.0159. The molecule has 2 aromatic heterocycles. The van der Waals surface area contributed by atoms with Crippen molar-refractivity contribution >= 4 is 118 Å². The van der Waals surface area contributed by atoms with E-state index < -0.39 is 183 Å². The van der Waals surface area contributed by atoms with Gasteiger partial charge in [0.1, 0.15) is 32.6 Å². The largest absolute Gasteiger partial charge is 0.481 e. The second-order valence-electron chi connectivity index (χ2n) is 23.8. The predicted molar refractivity (Wildman–Crippen MR) is 360 cm³/mol. The summed E-state index contributed by atoms with van der Waals surface area (Å²) < 4.78 is 204. The monoisotopic (exact) mass is 1480 g/mol. The molecule has 0 bridgehead atoms. The number of hydrogen-bond donors (Lipinski definition) is 11. The third kappa shape index (κ3) is 19.5. The predicted octanol–water partition coefficient (Wildman–Crippen LogP) is 5.11. The maximum absolute atomic E-state index is 13.6. The zero-order valence-electron chi connectivity index (χ0n) is 52.9. The Morgan fingerprint density at radius 2 is 0.918 bits per heavy atom. The van der Waals surface area contributed by atoms with Crippen molar-refractivity contribution in [2.45, 2.75) is 80.9 Å². The number of pyridine rings is 2. The van der Waals surface area contributed by atoms with E-state index in [1.165, 1.54) is 72.8 Å². The third-order valence-electron chi connectivity index (χ3n) is 15.9. The van der Waals surface area contributed by atoms with Crippen molar-refractivity contribution in [3.05, 3.63) is 148 Å². The van der Waals surface area contributed by atoms with E-state index in [0.717, 1.165) is 0 Å². The molecule has 1 aliphatic rings. The molecule has 0 saturated heterocycles. The summed E-state index contributed by atoms with van der Waals surface area (Å²) in [5.41, 5.74) is -1.11. The van der Waals surface area contributed by atoms with Crippen molar-refractivity contribution in [3.8, 4) is 22.3 Å². The van der Waals surface area contributed by atoms with Crippen LogP contribution in [0, 0.1) is 6.92 Å². The van der Waals surface area contributed by atoms with Crippen molar-refractivity contribution in [2.24, 2.45) is 0 Å². The highest BCUT2D eigenvalue weighted by molar-refractivity contribution is 7.87. The summed E-state index contributed by atoms with van der Waals surface area (Å²) in [6.45, 7) is 11.0. The second kappa shape index (κ2) is 29.5. The number of carboxylic acid groups (broad SMARTS) is 1. The summed E-state index contributed by atoms with van der Waals surface area (Å²) in [6, 6.07) is 16.0. The molecule has 11 N–H and O–H groups in total. The summed E-state index contributed by atoms with van der Waals surface area (Å²) in [5.74, 6) is -8.76. The molecule has 0 atom stereocenters. The standard InChI is InChI=1S/C61H69N7O24S6/c1-35-27-50(97(87,88)89)43-28-37(39-30-45(56(71)62-18-23-93(75,76)77)66-46(31-39)57(72)63-19-24-94(78,79)80)14-16-41(43)54(35)60(3,4)36(2)11-10-12-52-61(5,6)55-42-17-15-38(29-44(42)51(98(90,91)92)34-49(55)68(52)22-9-7-8-13-53(69)70)40-32-47(58(73)64-20-25-95(81,82)83)67-48(33-40)59(74)65-21-26-96(84,85)86/h10-12,14-17,27-34H,2,7-9,13,18-26H2,1,3-6H3,(H,62,71)(H,63,72)(H,64,73)(H,65,74)(H,69,70)(H,75,76,77)(H,78,79,80)(H,81,82,83)(H,84,85,86)(H,87,88,89)(H,90,91,92)/b11-10+,52-12+. The smallest absolute Gasteiger partial charge is 0.303 e. The third-order valence-corrected chi connectivity index (χ3v) is 20.5. The molecule has 528 valence electrons. The van der Waals surface area contributed by atoms with E-state index in [0.29, 0.717) is 58.3 Å². The van der Waals surface area contributed by atoms with Gasteiger partial charge in [0.2, 0.25) is 0 Å². The molecule has 0 fully saturated rings. The highest BCUT2D eigenvalue weighted by Gasteiger charge is 2.43. The first-order chi connectivity index (χ1) is 45.2. The van der Waals surface area contributed by atoms with E-state index in [9.17, 15) is 107 Å². The number of nitrogens with zero attached hydrogens (tertiary/aromatic N) is 3. The summed E-state index contributed by atoms with van der Waals surface area (Å²) in [5, 5.41) is 18.9. The minimum Gasteiger partial charge on any atom is -0.481 e. The molecule has 4 amide bonds. The van der Waals surface area contributed by atoms with Crippen LogP contribution in [0.25, 0.3) is 43.8 Å². The number of nitrogens with one attached hydrogen (secondary N) is 4. The van der Waals surface area contributed by atoms with Gasteiger partial charge in [0.25, 0.3) is 84.3 Å². The van der Waals surface area contributed by atoms with Gasteiger partial charge in [0.05, 0.1) is 23.0 Å². The lowest BCUT2D eigenvalue weighted by atomic mass is 9.74. The summed E-state index contributed by atoms with van der Waals surface area (Å²) in [7, 11) is -28.4. The molecule has 98 heavy (non-hydrogen) atoms. The minimum absolute atomic E-state index is 0.0301. The number of unbranched alkanes of at least 4 members (excludes halogenated alkanes) is 2. The van der Waals surface area contributed by atoms with E-state index in [-0.39, 0.29) is 51.4 Å². The molecule has 3 heterocycles. The van der Waals surface area contributed by atoms with Gasteiger partial charge in [0, 0.05) is 72.1 Å². The number of carboxylic acids is 1. The molecule has 0 saturated carbocycles. The number of aromatic nitrogens is 2. The highest BCUT2D eigenvalue weighted by atomic mass is 32.2. The van der Waals surface area contributed by atoms with Crippen molar-refractivity contribution in [3.63, 3.8) is 0 Å². The van der Waals surface area contributed by atoms with Crippen LogP contribution >= 0.6 is 0 Å². The maximum atomic E-state index is 13.6. The molecule has 7 rings (SSSR count). The van der Waals surface area contributed by atoms with Gasteiger partial charge in [-0.25, -0.2) is 9.97 Å². The average Bonchev–Trinajstić information content (AvgIpc) is 1.43. The number of aliphatic carboxylic acids is 1. The van der Waals surface area contributed by atoms with Crippen molar-refractivity contribution in [2.75, 3.05) is 60.6 Å². The molecule has 0 aliphatic carbocycles. The van der Waals surface area contributed by atoms with Gasteiger partial charge in [-0.15, -0.1) is 0 Å². The first-order valence-corrected chi connectivity index (χ1v) is 38.7. The molecular formula is C61H69N7O24S6. The Bertz CT molecular complexity index is 4940. The molecule has 31 nitrogen and oxygen atoms in total. The van der Waals surface area contributed by atoms with E-state index in [1.54, 1.807) is 39.0 Å². The number of benzene rings is 4. The van der Waals surface area contributed by atoms with Crippen LogP contribution in [0.15, 0.2) is 119 Å². The maximum Gasteiger partial charge on any atom is 0.303 e. The van der Waals surface area contributed by atoms with Crippen LogP contribution in [0.5, 0.6) is 0 Å². The SMILES string of the molecule is C=C(/C=C/C=C1/N(CCCCCC(=O)O)c2cc(S(=O)(=O)O)c3cc(-c4cc(C(=O)NCCS(=O)(=O)O)nc(C(=O)NCCS(=O)(=O)O)c4)ccc3c2C1(C)C)C(C)(C)c1c(C)cc(S(=O)(=O)O)c2cc(-c3cc(C(=O)NCCS(=O)(=O)O)nc(C(=O)NCCS(=O)(=O)O)c3)ccc12. The topological polar surface area (TPSA) is 509 Å². The normalized spacial score (nSPS) is 14.2. The van der Waals surface area contributed by atoms with Gasteiger partial charge < -0.3 is 31.3 Å². The summed E-state index contributed by atoms with van der Waals surface area (Å²) >= 11 is 0. The minimum atomic E-state index is -5.14. The van der Waals surface area contributed by atoms with E-state index in [1.807, 2.05) is 18.7 Å². The molecule has 0 radical (unpaired) electrons. The Labute approximate surface area is 564 Å². The number of carbonyl (C=O) groups excluding carboxylic acids is 4. The Balaban J connectivity index is 1.33. The Kier molecular flexibility index (Phi) is 23.2. The molecule has 6 aromatic rings. The second-order valence-corrected chi connectivity index (χ2v) is 32.8. The van der Waals surface area contributed by atoms with Crippen molar-refractivity contribution < 1.29 is 107 Å². The Morgan fingerprint density at radius 3 is 1.31 bits per heavy atom. The molecule has 37 heteroatoms. The molecule has 0 unspecified atom stereocenters. The molecular weight excluding hydrogens is 1410 g/mol. The van der Waals surface area contributed by atoms with Crippen molar-refractivity contribution in [1.29, 1.82) is 0 Å². The van der Waals surface area contributed by atoms with Crippen LogP contribution in [0.4, 0.5) is 5.69 Å². The molecule has 0 spiro atoms. The average molecular weight is 1480 g/mol. The van der Waals surface area contributed by atoms with Crippen LogP contribution < -0.4 is 26.2 Å². The van der Waals surface area contributed by atoms with Crippen LogP contribution in [0.1, 0.15) is 112 Å². The van der Waals surface area contributed by atoms with Gasteiger partial charge in [-0.05, 0) is 130 Å². The molecule has 4 aromatic carbocycles. The lowest BCUT2D eigenvalue weighted by Crippen LogP contribution is -2.32. The number of rotatable bonds is 30. The van der Waals surface area contributed by atoms with E-state index in [2.05, 4.69) is 37.8 Å². The van der Waals surface area contributed by atoms with Gasteiger partial charge in [-0.1, -0.05) is 77.1 Å². The van der Waals surface area contributed by atoms with Gasteiger partial charge in [-0.2, -0.15) is 50.5 Å². The van der Waals surface area contributed by atoms with Crippen LogP contribution in [0.2, 0.25) is 0 Å². The first-order valence-electron chi connectivity index (χ1n) is 29.4. The Hall–Kier alpha value is -8.47. The van der Waals surface area contributed by atoms with Crippen LogP contribution in [-0.4, -0.2) is 178 Å². The summed E-state index contributed by atoms with van der Waals surface area (Å²) in [4.78, 5) is 73.8. The lowest BCUT2D eigenvalue weighted by molar-refractivity contribution is -0.137. The number of amides is 4. The summed E-state index contributed by atoms with van der Waals surface area (Å²) in [6.07, 6.45) is 6.03. The fourth-order valence-corrected chi connectivity index (χ4v) is 14.2. The zero-order valence-corrected chi connectivity index (χ0v) is 57.8. The fourth-order valence-electron chi connectivity index (χ4n) is 11.3.